The van der Waals surface area contributed by atoms with Crippen molar-refractivity contribution in [2.24, 2.45) is 0 Å². The molecule has 4 nitrogen and oxygen atoms in total. The molecule has 0 N–H and O–H groups in total. The minimum absolute atomic E-state index is 0.00389. The first-order chi connectivity index (χ1) is 9.50. The summed E-state index contributed by atoms with van der Waals surface area (Å²) in [6, 6.07) is 5.05. The first kappa shape index (κ1) is 14.9. The summed E-state index contributed by atoms with van der Waals surface area (Å²) in [5, 5.41) is 8.82. The molecule has 6 heteroatoms. The predicted molar refractivity (Wildman–Crippen MR) is 72.9 cm³/mol. The van der Waals surface area contributed by atoms with Gasteiger partial charge in [0.2, 0.25) is 10.0 Å². The van der Waals surface area contributed by atoms with Gasteiger partial charge >= 0.3 is 0 Å². The molecule has 2 rings (SSSR count). The third-order valence-electron chi connectivity index (χ3n) is 3.71. The molecule has 0 amide bonds. The van der Waals surface area contributed by atoms with E-state index in [1.54, 1.807) is 6.07 Å². The highest BCUT2D eigenvalue weighted by Gasteiger charge is 2.32. The first-order valence-electron chi connectivity index (χ1n) is 6.72. The molecular weight excluding hydrogens is 279 g/mol. The van der Waals surface area contributed by atoms with Crippen LogP contribution < -0.4 is 0 Å². The lowest BCUT2D eigenvalue weighted by Gasteiger charge is -2.34. The van der Waals surface area contributed by atoms with Gasteiger partial charge in [0.15, 0.2) is 0 Å². The lowest BCUT2D eigenvalue weighted by molar-refractivity contribution is 0.246. The fourth-order valence-electron chi connectivity index (χ4n) is 2.58. The van der Waals surface area contributed by atoms with E-state index in [2.05, 4.69) is 0 Å². The van der Waals surface area contributed by atoms with Gasteiger partial charge in [0.25, 0.3) is 0 Å². The maximum atomic E-state index is 13.3. The molecule has 0 aliphatic carbocycles. The Labute approximate surface area is 118 Å². The van der Waals surface area contributed by atoms with Crippen LogP contribution in [0.3, 0.4) is 0 Å². The van der Waals surface area contributed by atoms with Crippen molar-refractivity contribution in [1.82, 2.24) is 4.31 Å². The molecule has 1 aliphatic rings. The van der Waals surface area contributed by atoms with E-state index in [0.717, 1.165) is 37.8 Å². The monoisotopic (exact) mass is 296 g/mol. The Kier molecular flexibility index (Phi) is 4.41. The van der Waals surface area contributed by atoms with Gasteiger partial charge in [-0.25, -0.2) is 12.8 Å². The zero-order valence-corrected chi connectivity index (χ0v) is 12.2. The molecule has 1 unspecified atom stereocenters. The number of piperidine rings is 1. The number of hydrogen-bond donors (Lipinski definition) is 0. The lowest BCUT2D eigenvalue weighted by Crippen LogP contribution is -2.43. The molecule has 1 fully saturated rings. The molecule has 0 saturated carbocycles. The molecule has 0 radical (unpaired) electrons. The van der Waals surface area contributed by atoms with Gasteiger partial charge in [0, 0.05) is 12.6 Å². The molecule has 0 spiro atoms. The number of benzene rings is 1. The van der Waals surface area contributed by atoms with E-state index in [9.17, 15) is 12.8 Å². The third-order valence-corrected chi connectivity index (χ3v) is 5.66. The Morgan fingerprint density at radius 2 is 2.20 bits per heavy atom. The van der Waals surface area contributed by atoms with E-state index in [1.807, 2.05) is 6.92 Å². The number of hydrogen-bond acceptors (Lipinski definition) is 3. The van der Waals surface area contributed by atoms with Crippen LogP contribution in [0.1, 0.15) is 38.2 Å². The van der Waals surface area contributed by atoms with Crippen molar-refractivity contribution >= 4 is 10.0 Å². The number of nitriles is 1. The standard InChI is InChI=1S/C14H17FN2O2S/c1-2-12-5-3-4-8-17(12)20(18,19)13-6-7-14(15)11(9-13)10-16/h6-7,9,12H,2-5,8H2,1H3. The smallest absolute Gasteiger partial charge is 0.207 e. The number of halogens is 1. The second-order valence-corrected chi connectivity index (χ2v) is 6.82. The maximum Gasteiger partial charge on any atom is 0.243 e. The number of rotatable bonds is 3. The van der Waals surface area contributed by atoms with Crippen LogP contribution in [0.25, 0.3) is 0 Å². The molecule has 1 saturated heterocycles. The third kappa shape index (κ3) is 2.69. The quantitative estimate of drug-likeness (QED) is 0.861. The van der Waals surface area contributed by atoms with Crippen LogP contribution in [-0.2, 0) is 10.0 Å². The van der Waals surface area contributed by atoms with Crippen LogP contribution in [0.15, 0.2) is 23.1 Å². The van der Waals surface area contributed by atoms with Gasteiger partial charge < -0.3 is 0 Å². The summed E-state index contributed by atoms with van der Waals surface area (Å²) in [6.45, 7) is 2.45. The summed E-state index contributed by atoms with van der Waals surface area (Å²) in [7, 11) is -3.66. The molecule has 1 heterocycles. The second-order valence-electron chi connectivity index (χ2n) is 4.93. The summed E-state index contributed by atoms with van der Waals surface area (Å²) >= 11 is 0. The van der Waals surface area contributed by atoms with E-state index in [-0.39, 0.29) is 16.5 Å². The predicted octanol–water partition coefficient (Wildman–Crippen LogP) is 2.65. The van der Waals surface area contributed by atoms with Gasteiger partial charge in [-0.15, -0.1) is 0 Å². The summed E-state index contributed by atoms with van der Waals surface area (Å²) in [5.41, 5.74) is -0.240. The minimum Gasteiger partial charge on any atom is -0.207 e. The molecule has 0 aromatic heterocycles. The Bertz CT molecular complexity index is 637. The molecule has 1 aromatic rings. The Morgan fingerprint density at radius 1 is 1.45 bits per heavy atom. The van der Waals surface area contributed by atoms with Gasteiger partial charge in [-0.2, -0.15) is 9.57 Å². The average Bonchev–Trinajstić information content (AvgIpc) is 2.47. The first-order valence-corrected chi connectivity index (χ1v) is 8.16. The van der Waals surface area contributed by atoms with Gasteiger partial charge in [-0.1, -0.05) is 13.3 Å². The van der Waals surface area contributed by atoms with E-state index in [0.29, 0.717) is 6.54 Å². The molecule has 1 aromatic carbocycles. The van der Waals surface area contributed by atoms with E-state index < -0.39 is 15.8 Å². The van der Waals surface area contributed by atoms with Crippen molar-refractivity contribution in [3.8, 4) is 6.07 Å². The van der Waals surface area contributed by atoms with Crippen LogP contribution in [0.2, 0.25) is 0 Å². The molecule has 20 heavy (non-hydrogen) atoms. The minimum atomic E-state index is -3.66. The Balaban J connectivity index is 2.42. The zero-order chi connectivity index (χ0) is 14.8. The largest absolute Gasteiger partial charge is 0.243 e. The number of sulfonamides is 1. The fourth-order valence-corrected chi connectivity index (χ4v) is 4.38. The van der Waals surface area contributed by atoms with Crippen molar-refractivity contribution in [3.05, 3.63) is 29.6 Å². The van der Waals surface area contributed by atoms with E-state index >= 15 is 0 Å². The normalized spacial score (nSPS) is 20.6. The SMILES string of the molecule is CCC1CCCCN1S(=O)(=O)c1ccc(F)c(C#N)c1. The summed E-state index contributed by atoms with van der Waals surface area (Å²) < 4.78 is 40.1. The maximum absolute atomic E-state index is 13.3. The summed E-state index contributed by atoms with van der Waals surface area (Å²) in [6.07, 6.45) is 3.47. The molecule has 0 bridgehead atoms. The van der Waals surface area contributed by atoms with Gasteiger partial charge in [0.1, 0.15) is 11.9 Å². The van der Waals surface area contributed by atoms with Crippen molar-refractivity contribution < 1.29 is 12.8 Å². The lowest BCUT2D eigenvalue weighted by atomic mass is 10.0. The highest BCUT2D eigenvalue weighted by atomic mass is 32.2. The van der Waals surface area contributed by atoms with Crippen LogP contribution >= 0.6 is 0 Å². The molecular formula is C14H17FN2O2S. The van der Waals surface area contributed by atoms with E-state index in [1.165, 1.54) is 10.4 Å². The zero-order valence-electron chi connectivity index (χ0n) is 11.3. The summed E-state index contributed by atoms with van der Waals surface area (Å²) in [5.74, 6) is -0.697. The van der Waals surface area contributed by atoms with Gasteiger partial charge in [-0.3, -0.25) is 0 Å². The van der Waals surface area contributed by atoms with Crippen LogP contribution in [0.5, 0.6) is 0 Å². The van der Waals surface area contributed by atoms with Crippen LogP contribution in [0, 0.1) is 17.1 Å². The van der Waals surface area contributed by atoms with E-state index in [4.69, 9.17) is 5.26 Å². The van der Waals surface area contributed by atoms with Crippen molar-refractivity contribution in [1.29, 1.82) is 5.26 Å². The van der Waals surface area contributed by atoms with Gasteiger partial charge in [-0.05, 0) is 37.5 Å². The van der Waals surface area contributed by atoms with Crippen LogP contribution in [-0.4, -0.2) is 25.3 Å². The second kappa shape index (κ2) is 5.90. The summed E-state index contributed by atoms with van der Waals surface area (Å²) in [4.78, 5) is -0.00389. The highest BCUT2D eigenvalue weighted by Crippen LogP contribution is 2.27. The Morgan fingerprint density at radius 3 is 2.85 bits per heavy atom. The number of nitrogens with zero attached hydrogens (tertiary/aromatic N) is 2. The van der Waals surface area contributed by atoms with Crippen molar-refractivity contribution in [2.45, 2.75) is 43.5 Å². The van der Waals surface area contributed by atoms with Crippen molar-refractivity contribution in [2.75, 3.05) is 6.54 Å². The highest BCUT2D eigenvalue weighted by molar-refractivity contribution is 7.89. The van der Waals surface area contributed by atoms with Crippen molar-refractivity contribution in [3.63, 3.8) is 0 Å². The molecule has 1 atom stereocenters. The average molecular weight is 296 g/mol. The molecule has 1 aliphatic heterocycles. The fraction of sp³-hybridized carbons (Fsp3) is 0.500. The van der Waals surface area contributed by atoms with Gasteiger partial charge in [0.05, 0.1) is 10.5 Å². The van der Waals surface area contributed by atoms with Crippen LogP contribution in [0.4, 0.5) is 4.39 Å². The molecule has 108 valence electrons. The topological polar surface area (TPSA) is 61.2 Å². The Hall–Kier alpha value is -1.45.